The molecule has 4 aromatic rings. The van der Waals surface area contributed by atoms with Gasteiger partial charge < -0.3 is 9.40 Å². The Morgan fingerprint density at radius 1 is 1.32 bits per heavy atom. The molecule has 4 rings (SSSR count). The number of aromatic nitrogens is 5. The van der Waals surface area contributed by atoms with Gasteiger partial charge in [0.15, 0.2) is 16.4 Å². The Morgan fingerprint density at radius 3 is 3.05 bits per heavy atom. The summed E-state index contributed by atoms with van der Waals surface area (Å²) in [5, 5.41) is 5.04. The molecule has 1 aromatic carbocycles. The number of para-hydroxylation sites is 2. The van der Waals surface area contributed by atoms with E-state index in [0.717, 1.165) is 11.1 Å². The minimum atomic E-state index is -0.196. The van der Waals surface area contributed by atoms with Gasteiger partial charge in [-0.3, -0.25) is 9.48 Å². The van der Waals surface area contributed by atoms with Crippen LogP contribution in [0.15, 0.2) is 44.8 Å². The van der Waals surface area contributed by atoms with Crippen molar-refractivity contribution >= 4 is 33.9 Å². The van der Waals surface area contributed by atoms with Crippen LogP contribution in [0, 0.1) is 0 Å². The molecule has 0 radical (unpaired) electrons. The largest absolute Gasteiger partial charge is 0.440 e. The van der Waals surface area contributed by atoms with Crippen molar-refractivity contribution < 1.29 is 4.42 Å². The van der Waals surface area contributed by atoms with Crippen molar-refractivity contribution in [1.29, 1.82) is 0 Å². The Hall–Kier alpha value is -2.61. The van der Waals surface area contributed by atoms with Gasteiger partial charge in [0.05, 0.1) is 11.9 Å². The van der Waals surface area contributed by atoms with E-state index in [1.165, 1.54) is 18.0 Å². The predicted octanol–water partition coefficient (Wildman–Crippen LogP) is 2.09. The van der Waals surface area contributed by atoms with Crippen LogP contribution in [0.5, 0.6) is 0 Å². The van der Waals surface area contributed by atoms with E-state index >= 15 is 0 Å². The van der Waals surface area contributed by atoms with Gasteiger partial charge in [0.2, 0.25) is 5.89 Å². The number of rotatable bonds is 3. The van der Waals surface area contributed by atoms with E-state index in [-0.39, 0.29) is 5.56 Å². The van der Waals surface area contributed by atoms with Crippen molar-refractivity contribution in [1.82, 2.24) is 24.7 Å². The number of benzene rings is 1. The molecule has 0 spiro atoms. The molecule has 0 atom stereocenters. The maximum Gasteiger partial charge on any atom is 0.262 e. The van der Waals surface area contributed by atoms with Crippen molar-refractivity contribution in [2.24, 2.45) is 7.05 Å². The normalized spacial score (nSPS) is 11.5. The number of hydrogen-bond acceptors (Lipinski definition) is 6. The van der Waals surface area contributed by atoms with Crippen LogP contribution in [-0.4, -0.2) is 24.7 Å². The number of nitrogens with one attached hydrogen (secondary N) is 1. The average Bonchev–Trinajstić information content (AvgIpc) is 3.09. The van der Waals surface area contributed by atoms with Crippen LogP contribution in [0.3, 0.4) is 0 Å². The van der Waals surface area contributed by atoms with Crippen molar-refractivity contribution in [2.75, 3.05) is 0 Å². The predicted molar refractivity (Wildman–Crippen MR) is 82.7 cm³/mol. The maximum absolute atomic E-state index is 12.0. The summed E-state index contributed by atoms with van der Waals surface area (Å²) >= 11 is 1.37. The summed E-state index contributed by atoms with van der Waals surface area (Å²) < 4.78 is 7.22. The zero-order valence-corrected chi connectivity index (χ0v) is 12.4. The number of aryl methyl sites for hydroxylation is 1. The highest BCUT2D eigenvalue weighted by Gasteiger charge is 2.10. The molecule has 0 fully saturated rings. The molecular formula is C14H11N5O2S. The Balaban J connectivity index is 1.63. The first-order valence-corrected chi connectivity index (χ1v) is 7.58. The molecule has 0 aliphatic heterocycles. The third kappa shape index (κ3) is 2.17. The minimum absolute atomic E-state index is 0.196. The smallest absolute Gasteiger partial charge is 0.262 e. The van der Waals surface area contributed by atoms with Crippen molar-refractivity contribution in [2.45, 2.75) is 10.9 Å². The van der Waals surface area contributed by atoms with Crippen molar-refractivity contribution in [3.8, 4) is 0 Å². The lowest BCUT2D eigenvalue weighted by atomic mass is 10.3. The number of nitrogens with zero attached hydrogens (tertiary/aromatic N) is 4. The molecule has 0 aliphatic rings. The second kappa shape index (κ2) is 4.99. The highest BCUT2D eigenvalue weighted by atomic mass is 32.2. The van der Waals surface area contributed by atoms with Crippen LogP contribution < -0.4 is 5.56 Å². The molecule has 0 saturated carbocycles. The van der Waals surface area contributed by atoms with Crippen LogP contribution >= 0.6 is 11.8 Å². The second-order valence-electron chi connectivity index (χ2n) is 4.74. The number of H-pyrrole nitrogens is 1. The third-order valence-electron chi connectivity index (χ3n) is 3.25. The quantitative estimate of drug-likeness (QED) is 0.460. The summed E-state index contributed by atoms with van der Waals surface area (Å²) in [4.78, 5) is 23.5. The lowest BCUT2D eigenvalue weighted by Gasteiger charge is -1.99. The lowest BCUT2D eigenvalue weighted by molar-refractivity contribution is 0.556. The first-order chi connectivity index (χ1) is 10.7. The van der Waals surface area contributed by atoms with E-state index < -0.39 is 0 Å². The molecule has 3 aromatic heterocycles. The van der Waals surface area contributed by atoms with E-state index in [4.69, 9.17) is 4.42 Å². The van der Waals surface area contributed by atoms with Gasteiger partial charge in [-0.25, -0.2) is 9.97 Å². The Bertz CT molecular complexity index is 1000. The zero-order valence-electron chi connectivity index (χ0n) is 11.6. The van der Waals surface area contributed by atoms with Gasteiger partial charge >= 0.3 is 0 Å². The van der Waals surface area contributed by atoms with Gasteiger partial charge in [-0.1, -0.05) is 23.9 Å². The summed E-state index contributed by atoms with van der Waals surface area (Å²) in [6.07, 6.45) is 1.51. The Kier molecular flexibility index (Phi) is 2.97. The van der Waals surface area contributed by atoms with Crippen molar-refractivity contribution in [3.05, 3.63) is 46.7 Å². The van der Waals surface area contributed by atoms with Crippen molar-refractivity contribution in [3.63, 3.8) is 0 Å². The molecule has 110 valence electrons. The van der Waals surface area contributed by atoms with Gasteiger partial charge in [-0.2, -0.15) is 5.10 Å². The van der Waals surface area contributed by atoms with E-state index in [2.05, 4.69) is 20.1 Å². The first kappa shape index (κ1) is 13.1. The topological polar surface area (TPSA) is 89.6 Å². The summed E-state index contributed by atoms with van der Waals surface area (Å²) in [6.45, 7) is 0. The molecule has 0 amide bonds. The van der Waals surface area contributed by atoms with Crippen LogP contribution in [0.2, 0.25) is 0 Å². The molecule has 0 bridgehead atoms. The fourth-order valence-corrected chi connectivity index (χ4v) is 2.89. The van der Waals surface area contributed by atoms with Crippen LogP contribution in [0.4, 0.5) is 0 Å². The number of oxazole rings is 1. The summed E-state index contributed by atoms with van der Waals surface area (Å²) in [5.41, 5.74) is 1.94. The monoisotopic (exact) mass is 313 g/mol. The molecule has 0 aliphatic carbocycles. The summed E-state index contributed by atoms with van der Waals surface area (Å²) in [7, 11) is 1.75. The zero-order chi connectivity index (χ0) is 15.1. The van der Waals surface area contributed by atoms with E-state index in [0.29, 0.717) is 27.8 Å². The Labute approximate surface area is 128 Å². The molecule has 1 N–H and O–H groups in total. The molecule has 8 heteroatoms. The standard InChI is InChI=1S/C14H11N5O2S/c1-19-12-8(6-15-19)13(20)18-14(17-12)22-7-11-16-9-4-2-3-5-10(9)21-11/h2-6H,7H2,1H3,(H,17,18,20). The van der Waals surface area contributed by atoms with Gasteiger partial charge in [0, 0.05) is 7.05 Å². The number of fused-ring (bicyclic) bond motifs is 2. The molecule has 3 heterocycles. The summed E-state index contributed by atoms with van der Waals surface area (Å²) in [6, 6.07) is 7.59. The number of aromatic amines is 1. The van der Waals surface area contributed by atoms with Crippen LogP contribution in [0.1, 0.15) is 5.89 Å². The second-order valence-corrected chi connectivity index (χ2v) is 5.70. The Morgan fingerprint density at radius 2 is 2.18 bits per heavy atom. The van der Waals surface area contributed by atoms with E-state index in [1.54, 1.807) is 11.7 Å². The fraction of sp³-hybridized carbons (Fsp3) is 0.143. The van der Waals surface area contributed by atoms with Gasteiger partial charge in [0.1, 0.15) is 10.9 Å². The van der Waals surface area contributed by atoms with E-state index in [1.807, 2.05) is 24.3 Å². The van der Waals surface area contributed by atoms with Crippen LogP contribution in [0.25, 0.3) is 22.1 Å². The third-order valence-corrected chi connectivity index (χ3v) is 4.11. The number of hydrogen-bond donors (Lipinski definition) is 1. The average molecular weight is 313 g/mol. The SMILES string of the molecule is Cn1ncc2c(=O)[nH]c(SCc3nc4ccccc4o3)nc21. The molecule has 22 heavy (non-hydrogen) atoms. The van der Waals surface area contributed by atoms with Crippen LogP contribution in [-0.2, 0) is 12.8 Å². The fourth-order valence-electron chi connectivity index (χ4n) is 2.19. The lowest BCUT2D eigenvalue weighted by Crippen LogP contribution is -2.09. The van der Waals surface area contributed by atoms with Gasteiger partial charge in [0.25, 0.3) is 5.56 Å². The maximum atomic E-state index is 12.0. The molecule has 7 nitrogen and oxygen atoms in total. The molecule has 0 unspecified atom stereocenters. The van der Waals surface area contributed by atoms with Gasteiger partial charge in [-0.15, -0.1) is 0 Å². The van der Waals surface area contributed by atoms with Gasteiger partial charge in [-0.05, 0) is 12.1 Å². The van der Waals surface area contributed by atoms with E-state index in [9.17, 15) is 4.79 Å². The first-order valence-electron chi connectivity index (χ1n) is 6.60. The molecular weight excluding hydrogens is 302 g/mol. The summed E-state index contributed by atoms with van der Waals surface area (Å²) in [5.74, 6) is 1.08. The highest BCUT2D eigenvalue weighted by molar-refractivity contribution is 7.98. The highest BCUT2D eigenvalue weighted by Crippen LogP contribution is 2.22. The minimum Gasteiger partial charge on any atom is -0.440 e. The number of thioether (sulfide) groups is 1. The molecule has 0 saturated heterocycles.